The number of alkyl halides is 5. The van der Waals surface area contributed by atoms with Gasteiger partial charge in [0.15, 0.2) is 5.65 Å². The van der Waals surface area contributed by atoms with Crippen LogP contribution in [0, 0.1) is 5.41 Å². The van der Waals surface area contributed by atoms with Crippen molar-refractivity contribution in [3.8, 4) is 0 Å². The largest absolute Gasteiger partial charge is 0.433 e. The Balaban J connectivity index is 1.20. The van der Waals surface area contributed by atoms with E-state index in [1.165, 1.54) is 6.20 Å². The number of hydrogen-bond acceptors (Lipinski definition) is 6. The van der Waals surface area contributed by atoms with Crippen molar-refractivity contribution in [2.45, 2.75) is 32.0 Å². The number of fused-ring (bicyclic) bond motifs is 1. The predicted molar refractivity (Wildman–Crippen MR) is 110 cm³/mol. The number of likely N-dealkylation sites (tertiary alicyclic amines) is 1. The summed E-state index contributed by atoms with van der Waals surface area (Å²) in [6, 6.07) is 1.96. The molecule has 0 saturated carbocycles. The van der Waals surface area contributed by atoms with Gasteiger partial charge in [-0.25, -0.2) is 23.4 Å². The molecular formula is C21H20F5N7O. The van der Waals surface area contributed by atoms with Gasteiger partial charge in [-0.2, -0.15) is 18.3 Å². The van der Waals surface area contributed by atoms with Crippen LogP contribution in [-0.4, -0.2) is 68.1 Å². The van der Waals surface area contributed by atoms with Gasteiger partial charge in [-0.15, -0.1) is 0 Å². The highest BCUT2D eigenvalue weighted by Crippen LogP contribution is 2.41. The summed E-state index contributed by atoms with van der Waals surface area (Å²) in [5.41, 5.74) is -0.202. The van der Waals surface area contributed by atoms with E-state index in [-0.39, 0.29) is 16.9 Å². The van der Waals surface area contributed by atoms with Gasteiger partial charge in [-0.05, 0) is 25.0 Å². The fourth-order valence-electron chi connectivity index (χ4n) is 4.56. The number of anilines is 1. The fraction of sp³-hybridized carbons (Fsp3) is 0.476. The second-order valence-electron chi connectivity index (χ2n) is 8.73. The van der Waals surface area contributed by atoms with Gasteiger partial charge in [0.2, 0.25) is 0 Å². The highest BCUT2D eigenvalue weighted by atomic mass is 19.4. The van der Waals surface area contributed by atoms with Crippen molar-refractivity contribution in [1.29, 1.82) is 0 Å². The summed E-state index contributed by atoms with van der Waals surface area (Å²) in [6.45, 7) is 1.81. The summed E-state index contributed by atoms with van der Waals surface area (Å²) in [6.07, 6.45) is -1.55. The van der Waals surface area contributed by atoms with E-state index in [9.17, 15) is 26.7 Å². The van der Waals surface area contributed by atoms with Crippen molar-refractivity contribution in [2.24, 2.45) is 5.41 Å². The Morgan fingerprint density at radius 3 is 2.41 bits per heavy atom. The molecule has 2 aliphatic rings. The highest BCUT2D eigenvalue weighted by Gasteiger charge is 2.47. The topological polar surface area (TPSA) is 80.0 Å². The third kappa shape index (κ3) is 4.14. The average Bonchev–Trinajstić information content (AvgIpc) is 3.18. The Labute approximate surface area is 190 Å². The van der Waals surface area contributed by atoms with Gasteiger partial charge in [-0.1, -0.05) is 0 Å². The van der Waals surface area contributed by atoms with E-state index in [4.69, 9.17) is 0 Å². The van der Waals surface area contributed by atoms with Crippen LogP contribution < -0.4 is 4.90 Å². The van der Waals surface area contributed by atoms with Gasteiger partial charge in [0.25, 0.3) is 12.3 Å². The number of nitrogens with zero attached hydrogens (tertiary/aromatic N) is 7. The number of aromatic nitrogens is 5. The van der Waals surface area contributed by atoms with Crippen molar-refractivity contribution in [3.63, 3.8) is 0 Å². The van der Waals surface area contributed by atoms with E-state index in [1.54, 1.807) is 11.1 Å². The third-order valence-corrected chi connectivity index (χ3v) is 6.43. The number of amides is 1. The lowest BCUT2D eigenvalue weighted by molar-refractivity contribution is -0.141. The SMILES string of the molecule is O=C(c1ccc(C(F)(F)F)nc1)N1CC2(CCN(c3cnc4cnn(CC(F)F)c4n3)CC2)C1. The minimum atomic E-state index is -4.55. The van der Waals surface area contributed by atoms with E-state index in [2.05, 4.69) is 20.1 Å². The van der Waals surface area contributed by atoms with Crippen LogP contribution >= 0.6 is 0 Å². The first kappa shape index (κ1) is 22.4. The lowest BCUT2D eigenvalue weighted by Gasteiger charge is -2.54. The number of halogens is 5. The molecule has 0 radical (unpaired) electrons. The van der Waals surface area contributed by atoms with Gasteiger partial charge in [0, 0.05) is 37.8 Å². The first-order chi connectivity index (χ1) is 16.1. The van der Waals surface area contributed by atoms with Crippen LogP contribution in [0.2, 0.25) is 0 Å². The van der Waals surface area contributed by atoms with Crippen molar-refractivity contribution >= 4 is 22.9 Å². The number of carbonyl (C=O) groups is 1. The Morgan fingerprint density at radius 2 is 1.79 bits per heavy atom. The third-order valence-electron chi connectivity index (χ3n) is 6.43. The van der Waals surface area contributed by atoms with Crippen LogP contribution in [0.1, 0.15) is 28.9 Å². The number of hydrogen-bond donors (Lipinski definition) is 0. The summed E-state index contributed by atoms with van der Waals surface area (Å²) >= 11 is 0. The minimum Gasteiger partial charge on any atom is -0.355 e. The lowest BCUT2D eigenvalue weighted by atomic mass is 9.72. The summed E-state index contributed by atoms with van der Waals surface area (Å²) in [5.74, 6) is 0.249. The molecule has 1 spiro atoms. The summed E-state index contributed by atoms with van der Waals surface area (Å²) in [5, 5.41) is 3.93. The molecule has 34 heavy (non-hydrogen) atoms. The quantitative estimate of drug-likeness (QED) is 0.533. The van der Waals surface area contributed by atoms with Gasteiger partial charge in [0.1, 0.15) is 23.6 Å². The molecule has 5 heterocycles. The molecule has 3 aromatic heterocycles. The molecule has 13 heteroatoms. The molecule has 2 saturated heterocycles. The molecule has 0 N–H and O–H groups in total. The zero-order valence-corrected chi connectivity index (χ0v) is 17.8. The van der Waals surface area contributed by atoms with Crippen molar-refractivity contribution in [2.75, 3.05) is 31.1 Å². The first-order valence-corrected chi connectivity index (χ1v) is 10.7. The molecule has 180 valence electrons. The molecule has 8 nitrogen and oxygen atoms in total. The molecule has 2 aliphatic heterocycles. The van der Waals surface area contributed by atoms with Crippen LogP contribution in [0.4, 0.5) is 27.8 Å². The van der Waals surface area contributed by atoms with Crippen LogP contribution in [0.25, 0.3) is 11.2 Å². The molecular weight excluding hydrogens is 461 g/mol. The minimum absolute atomic E-state index is 0.0551. The maximum absolute atomic E-state index is 12.8. The molecule has 1 amide bonds. The van der Waals surface area contributed by atoms with E-state index in [1.807, 2.05) is 4.90 Å². The number of pyridine rings is 1. The predicted octanol–water partition coefficient (Wildman–Crippen LogP) is 3.25. The monoisotopic (exact) mass is 481 g/mol. The van der Waals surface area contributed by atoms with Crippen molar-refractivity contribution < 1.29 is 26.7 Å². The normalized spacial score (nSPS) is 18.1. The van der Waals surface area contributed by atoms with Crippen molar-refractivity contribution in [3.05, 3.63) is 42.0 Å². The molecule has 2 fully saturated rings. The summed E-state index contributed by atoms with van der Waals surface area (Å²) in [7, 11) is 0. The van der Waals surface area contributed by atoms with Crippen LogP contribution in [0.3, 0.4) is 0 Å². The Morgan fingerprint density at radius 1 is 1.06 bits per heavy atom. The Hall–Kier alpha value is -3.38. The van der Waals surface area contributed by atoms with E-state index < -0.39 is 24.8 Å². The van der Waals surface area contributed by atoms with E-state index >= 15 is 0 Å². The fourth-order valence-corrected chi connectivity index (χ4v) is 4.56. The maximum Gasteiger partial charge on any atom is 0.433 e. The molecule has 0 unspecified atom stereocenters. The molecule has 0 atom stereocenters. The molecule has 0 bridgehead atoms. The summed E-state index contributed by atoms with van der Waals surface area (Å²) < 4.78 is 64.7. The number of rotatable bonds is 4. The highest BCUT2D eigenvalue weighted by molar-refractivity contribution is 5.94. The number of piperidine rings is 1. The van der Waals surface area contributed by atoms with E-state index in [0.29, 0.717) is 43.2 Å². The van der Waals surface area contributed by atoms with Crippen LogP contribution in [-0.2, 0) is 12.7 Å². The smallest absolute Gasteiger partial charge is 0.355 e. The standard InChI is InChI=1S/C21H20F5N7O/c22-16(23)10-33-18-14(8-29-33)27-9-17(30-18)31-5-3-20(4-6-31)11-32(12-20)19(34)13-1-2-15(28-7-13)21(24,25)26/h1-2,7-9,16H,3-6,10-12H2. The first-order valence-electron chi connectivity index (χ1n) is 10.7. The van der Waals surface area contributed by atoms with Crippen molar-refractivity contribution in [1.82, 2.24) is 29.6 Å². The Kier molecular flexibility index (Phi) is 5.36. The van der Waals surface area contributed by atoms with Gasteiger partial charge in [-0.3, -0.25) is 9.78 Å². The average molecular weight is 481 g/mol. The van der Waals surface area contributed by atoms with Gasteiger partial charge >= 0.3 is 6.18 Å². The molecule has 0 aliphatic carbocycles. The van der Waals surface area contributed by atoms with Gasteiger partial charge in [0.05, 0.1) is 18.0 Å². The molecule has 5 rings (SSSR count). The van der Waals surface area contributed by atoms with E-state index in [0.717, 1.165) is 35.9 Å². The molecule has 0 aromatic carbocycles. The lowest BCUT2D eigenvalue weighted by Crippen LogP contribution is -2.62. The van der Waals surface area contributed by atoms with Crippen LogP contribution in [0.5, 0.6) is 0 Å². The number of carbonyl (C=O) groups excluding carboxylic acids is 1. The molecule has 3 aromatic rings. The van der Waals surface area contributed by atoms with Gasteiger partial charge < -0.3 is 9.80 Å². The maximum atomic E-state index is 12.8. The second kappa shape index (κ2) is 8.13. The second-order valence-corrected chi connectivity index (χ2v) is 8.73. The zero-order chi connectivity index (χ0) is 24.1. The zero-order valence-electron chi connectivity index (χ0n) is 17.8. The van der Waals surface area contributed by atoms with Crippen LogP contribution in [0.15, 0.2) is 30.7 Å². The summed E-state index contributed by atoms with van der Waals surface area (Å²) in [4.78, 5) is 28.4. The Bertz CT molecular complexity index is 1190.